The Morgan fingerprint density at radius 3 is 2.94 bits per heavy atom. The van der Waals surface area contributed by atoms with Gasteiger partial charge >= 0.3 is 0 Å². The van der Waals surface area contributed by atoms with Crippen LogP contribution in [0.2, 0.25) is 0 Å². The van der Waals surface area contributed by atoms with Crippen molar-refractivity contribution in [2.45, 2.75) is 45.1 Å². The molecule has 0 aromatic carbocycles. The van der Waals surface area contributed by atoms with Crippen LogP contribution in [0.1, 0.15) is 39.0 Å². The van der Waals surface area contributed by atoms with Crippen LogP contribution >= 0.6 is 0 Å². The van der Waals surface area contributed by atoms with E-state index in [9.17, 15) is 0 Å². The quantitative estimate of drug-likeness (QED) is 0.821. The molecular weight excluding hydrogens is 198 g/mol. The number of rotatable bonds is 3. The highest BCUT2D eigenvalue weighted by molar-refractivity contribution is 5.43. The van der Waals surface area contributed by atoms with E-state index in [0.29, 0.717) is 11.9 Å². The van der Waals surface area contributed by atoms with E-state index in [-0.39, 0.29) is 0 Å². The molecule has 2 atom stereocenters. The molecule has 1 saturated carbocycles. The van der Waals surface area contributed by atoms with Gasteiger partial charge in [0.05, 0.1) is 0 Å². The lowest BCUT2D eigenvalue weighted by Crippen LogP contribution is -2.32. The standard InChI is InChI=1S/C13H21N3/c1-2-10-6-3-4-7-11(10)15-13-9-5-8-12(14)16-13/h5,8-11H,2-4,6-7H2,1H3,(H3,14,15,16). The van der Waals surface area contributed by atoms with Gasteiger partial charge in [-0.05, 0) is 30.9 Å². The highest BCUT2D eigenvalue weighted by Gasteiger charge is 2.23. The molecule has 2 rings (SSSR count). The van der Waals surface area contributed by atoms with Crippen LogP contribution in [-0.2, 0) is 0 Å². The van der Waals surface area contributed by atoms with Crippen molar-refractivity contribution in [2.24, 2.45) is 5.92 Å². The Balaban J connectivity index is 2.02. The van der Waals surface area contributed by atoms with E-state index >= 15 is 0 Å². The van der Waals surface area contributed by atoms with E-state index in [0.717, 1.165) is 11.7 Å². The highest BCUT2D eigenvalue weighted by atomic mass is 15.0. The van der Waals surface area contributed by atoms with Crippen molar-refractivity contribution in [3.63, 3.8) is 0 Å². The van der Waals surface area contributed by atoms with Crippen molar-refractivity contribution < 1.29 is 0 Å². The first kappa shape index (κ1) is 11.2. The zero-order chi connectivity index (χ0) is 11.4. The largest absolute Gasteiger partial charge is 0.384 e. The van der Waals surface area contributed by atoms with Gasteiger partial charge < -0.3 is 11.1 Å². The molecule has 0 radical (unpaired) electrons. The number of hydrogen-bond acceptors (Lipinski definition) is 3. The Bertz CT molecular complexity index is 338. The van der Waals surface area contributed by atoms with E-state index in [1.54, 1.807) is 0 Å². The third kappa shape index (κ3) is 2.65. The van der Waals surface area contributed by atoms with Crippen molar-refractivity contribution in [3.05, 3.63) is 18.2 Å². The van der Waals surface area contributed by atoms with Gasteiger partial charge in [0.15, 0.2) is 0 Å². The van der Waals surface area contributed by atoms with Crippen molar-refractivity contribution in [3.8, 4) is 0 Å². The van der Waals surface area contributed by atoms with Gasteiger partial charge in [-0.2, -0.15) is 0 Å². The first-order valence-electron chi connectivity index (χ1n) is 6.28. The summed E-state index contributed by atoms with van der Waals surface area (Å²) in [6, 6.07) is 6.35. The zero-order valence-corrected chi connectivity index (χ0v) is 9.95. The average Bonchev–Trinajstić information content (AvgIpc) is 2.30. The predicted molar refractivity (Wildman–Crippen MR) is 68.3 cm³/mol. The summed E-state index contributed by atoms with van der Waals surface area (Å²) in [6.45, 7) is 2.28. The van der Waals surface area contributed by atoms with Crippen LogP contribution < -0.4 is 11.1 Å². The Kier molecular flexibility index (Phi) is 3.65. The molecule has 2 unspecified atom stereocenters. The lowest BCUT2D eigenvalue weighted by Gasteiger charge is -2.31. The SMILES string of the molecule is CCC1CCCCC1Nc1cccc(N)n1. The molecule has 1 aromatic rings. The highest BCUT2D eigenvalue weighted by Crippen LogP contribution is 2.28. The fourth-order valence-corrected chi connectivity index (χ4v) is 2.61. The topological polar surface area (TPSA) is 50.9 Å². The summed E-state index contributed by atoms with van der Waals surface area (Å²) in [6.07, 6.45) is 6.56. The van der Waals surface area contributed by atoms with Gasteiger partial charge in [-0.1, -0.05) is 32.3 Å². The van der Waals surface area contributed by atoms with Crippen LogP contribution in [0.25, 0.3) is 0 Å². The fraction of sp³-hybridized carbons (Fsp3) is 0.615. The summed E-state index contributed by atoms with van der Waals surface area (Å²) in [5, 5.41) is 3.53. The second-order valence-electron chi connectivity index (χ2n) is 4.65. The van der Waals surface area contributed by atoms with Crippen LogP contribution in [0, 0.1) is 5.92 Å². The molecule has 0 bridgehead atoms. The van der Waals surface area contributed by atoms with E-state index in [2.05, 4.69) is 17.2 Å². The molecular formula is C13H21N3. The predicted octanol–water partition coefficient (Wildman–Crippen LogP) is 3.04. The molecule has 1 aliphatic carbocycles. The molecule has 88 valence electrons. The minimum absolute atomic E-state index is 0.577. The van der Waals surface area contributed by atoms with Crippen LogP contribution in [0.5, 0.6) is 0 Å². The van der Waals surface area contributed by atoms with Gasteiger partial charge in [-0.15, -0.1) is 0 Å². The molecule has 16 heavy (non-hydrogen) atoms. The fourth-order valence-electron chi connectivity index (χ4n) is 2.61. The van der Waals surface area contributed by atoms with Gasteiger partial charge in [0.25, 0.3) is 0 Å². The normalized spacial score (nSPS) is 25.3. The van der Waals surface area contributed by atoms with Crippen LogP contribution in [0.3, 0.4) is 0 Å². The number of nitrogen functional groups attached to an aromatic ring is 1. The van der Waals surface area contributed by atoms with E-state index < -0.39 is 0 Å². The maximum atomic E-state index is 5.68. The minimum Gasteiger partial charge on any atom is -0.384 e. The lowest BCUT2D eigenvalue weighted by atomic mass is 9.83. The van der Waals surface area contributed by atoms with Gasteiger partial charge in [-0.3, -0.25) is 0 Å². The summed E-state index contributed by atoms with van der Waals surface area (Å²) in [4.78, 5) is 4.30. The first-order valence-corrected chi connectivity index (χ1v) is 6.28. The number of aromatic nitrogens is 1. The first-order chi connectivity index (χ1) is 7.79. The maximum Gasteiger partial charge on any atom is 0.128 e. The van der Waals surface area contributed by atoms with Crippen molar-refractivity contribution in [2.75, 3.05) is 11.1 Å². The Morgan fingerprint density at radius 1 is 1.38 bits per heavy atom. The summed E-state index contributed by atoms with van der Waals surface area (Å²) >= 11 is 0. The second-order valence-corrected chi connectivity index (χ2v) is 4.65. The van der Waals surface area contributed by atoms with Gasteiger partial charge in [0, 0.05) is 6.04 Å². The molecule has 1 aliphatic rings. The molecule has 3 N–H and O–H groups in total. The molecule has 1 heterocycles. The molecule has 3 nitrogen and oxygen atoms in total. The van der Waals surface area contributed by atoms with Gasteiger partial charge in [-0.25, -0.2) is 4.98 Å². The maximum absolute atomic E-state index is 5.68. The van der Waals surface area contributed by atoms with Gasteiger partial charge in [0.2, 0.25) is 0 Å². The lowest BCUT2D eigenvalue weighted by molar-refractivity contribution is 0.317. The van der Waals surface area contributed by atoms with E-state index in [1.165, 1.54) is 32.1 Å². The Morgan fingerprint density at radius 2 is 2.19 bits per heavy atom. The number of hydrogen-bond donors (Lipinski definition) is 2. The van der Waals surface area contributed by atoms with Crippen molar-refractivity contribution in [1.29, 1.82) is 0 Å². The van der Waals surface area contributed by atoms with Gasteiger partial charge in [0.1, 0.15) is 11.6 Å². The smallest absolute Gasteiger partial charge is 0.128 e. The monoisotopic (exact) mass is 219 g/mol. The number of anilines is 2. The number of pyridine rings is 1. The zero-order valence-electron chi connectivity index (χ0n) is 9.95. The number of nitrogens with two attached hydrogens (primary N) is 1. The molecule has 0 aliphatic heterocycles. The van der Waals surface area contributed by atoms with Crippen molar-refractivity contribution in [1.82, 2.24) is 4.98 Å². The average molecular weight is 219 g/mol. The third-order valence-corrected chi connectivity index (χ3v) is 3.54. The molecule has 1 aromatic heterocycles. The van der Waals surface area contributed by atoms with E-state index in [4.69, 9.17) is 5.73 Å². The summed E-state index contributed by atoms with van der Waals surface area (Å²) in [5.41, 5.74) is 5.68. The summed E-state index contributed by atoms with van der Waals surface area (Å²) < 4.78 is 0. The number of nitrogens with one attached hydrogen (secondary N) is 1. The minimum atomic E-state index is 0.577. The van der Waals surface area contributed by atoms with Crippen LogP contribution in [0.4, 0.5) is 11.6 Å². The second kappa shape index (κ2) is 5.19. The van der Waals surface area contributed by atoms with E-state index in [1.807, 2.05) is 18.2 Å². The van der Waals surface area contributed by atoms with Crippen LogP contribution in [0.15, 0.2) is 18.2 Å². The molecule has 0 spiro atoms. The summed E-state index contributed by atoms with van der Waals surface area (Å²) in [7, 11) is 0. The Labute approximate surface area is 97.5 Å². The molecule has 0 saturated heterocycles. The summed E-state index contributed by atoms with van der Waals surface area (Å²) in [5.74, 6) is 2.30. The molecule has 0 amide bonds. The molecule has 1 fully saturated rings. The van der Waals surface area contributed by atoms with Crippen LogP contribution in [-0.4, -0.2) is 11.0 Å². The number of nitrogens with zero attached hydrogens (tertiary/aromatic N) is 1. The molecule has 3 heteroatoms. The third-order valence-electron chi connectivity index (χ3n) is 3.54. The Hall–Kier alpha value is -1.25. The van der Waals surface area contributed by atoms with Crippen molar-refractivity contribution >= 4 is 11.6 Å².